The normalized spacial score (nSPS) is 11.9. The summed E-state index contributed by atoms with van der Waals surface area (Å²) in [4.78, 5) is 4.75. The first-order valence-corrected chi connectivity index (χ1v) is 41.2. The van der Waals surface area contributed by atoms with E-state index in [9.17, 15) is 0 Å². The van der Waals surface area contributed by atoms with Crippen LogP contribution in [-0.4, -0.2) is 9.13 Å². The molecule has 6 heteroatoms. The second-order valence-electron chi connectivity index (χ2n) is 31.1. The van der Waals surface area contributed by atoms with Crippen LogP contribution >= 0.6 is 11.3 Å². The van der Waals surface area contributed by atoms with Crippen molar-refractivity contribution in [2.45, 2.75) is 0 Å². The second-order valence-corrected chi connectivity index (χ2v) is 32.2. The fraction of sp³-hybridized carbons (Fsp3) is 0. The summed E-state index contributed by atoms with van der Waals surface area (Å²) < 4.78 is 14.0. The first-order chi connectivity index (χ1) is 58.4. The van der Waals surface area contributed by atoms with Gasteiger partial charge in [-0.2, -0.15) is 0 Å². The summed E-state index contributed by atoms with van der Waals surface area (Å²) in [5, 5.41) is 19.5. The van der Waals surface area contributed by atoms with Gasteiger partial charge in [-0.15, -0.1) is 11.3 Å². The molecule has 0 bridgehead atoms. The van der Waals surface area contributed by atoms with E-state index in [1.807, 2.05) is 23.5 Å². The number of hydrogen-bond acceptors (Lipinski definition) is 4. The van der Waals surface area contributed by atoms with Gasteiger partial charge < -0.3 is 23.4 Å². The summed E-state index contributed by atoms with van der Waals surface area (Å²) in [7, 11) is 0. The summed E-state index contributed by atoms with van der Waals surface area (Å²) in [6.45, 7) is 0. The highest BCUT2D eigenvalue weighted by atomic mass is 32.1. The van der Waals surface area contributed by atoms with Gasteiger partial charge in [-0.1, -0.05) is 267 Å². The van der Waals surface area contributed by atoms with Crippen LogP contribution in [0.1, 0.15) is 0 Å². The number of benzene rings is 20. The standard InChI is InChI=1S/C112H70N4OS/c1-2-19-77-63-82(36-35-71(77)17-1)74-41-51-85(52-42-74)113(90-55-57-98-97-29-10-13-33-108(97)117-109(98)69-90)84-47-37-73(38-48-84)79-23-16-25-89(65-79)116-105-61-46-83(67-102(105)103-66-80-20-3-4-21-81(80)68-107(103)116)93-60-59-92(95-27-7-8-28-96(93)95)76-43-53-87(54-44-76)114(91-56-58-100-99-30-11-14-34-110(99)118-111(100)70-91)86-49-39-72(40-50-86)78-22-15-24-88(64-78)115-104-32-12-9-31-101(104)112-94-26-6-5-18-75(94)45-62-106(112)115/h1-70H. The topological polar surface area (TPSA) is 29.5 Å². The number of thiophene rings is 1. The van der Waals surface area contributed by atoms with Crippen LogP contribution in [0.3, 0.4) is 0 Å². The SMILES string of the molecule is c1cc(-c2ccc(N(c3ccc(-c4ccc5ccccc5c4)cc3)c3ccc4c(c3)oc3ccccc34)cc2)cc(-n2c3ccc(-c4ccc(-c5ccc(N(c6ccc(-c7cccc(-n8c9ccccc9c9c%10ccccc%10ccc98)c7)cc6)c6ccc7c(c6)sc6ccccc67)cc5)c5ccccc45)cc3c3cc4ccccc4cc32)c1. The predicted molar refractivity (Wildman–Crippen MR) is 502 cm³/mol. The van der Waals surface area contributed by atoms with Crippen molar-refractivity contribution in [2.24, 2.45) is 0 Å². The van der Waals surface area contributed by atoms with Crippen LogP contribution in [-0.2, 0) is 0 Å². The summed E-state index contributed by atoms with van der Waals surface area (Å²) in [6, 6.07) is 157. The molecule has 0 radical (unpaired) electrons. The largest absolute Gasteiger partial charge is 0.456 e. The van der Waals surface area contributed by atoms with Gasteiger partial charge in [-0.05, 0) is 250 Å². The molecular weight excluding hydrogens is 1450 g/mol. The zero-order chi connectivity index (χ0) is 77.5. The monoisotopic (exact) mass is 1520 g/mol. The van der Waals surface area contributed by atoms with Crippen LogP contribution in [0.4, 0.5) is 34.1 Å². The Morgan fingerprint density at radius 2 is 0.627 bits per heavy atom. The van der Waals surface area contributed by atoms with E-state index in [1.165, 1.54) is 118 Å². The number of rotatable bonds is 13. The highest BCUT2D eigenvalue weighted by molar-refractivity contribution is 7.25. The molecule has 4 aromatic heterocycles. The molecular formula is C112H70N4OS. The molecule has 0 aliphatic rings. The maximum absolute atomic E-state index is 6.52. The molecule has 0 atom stereocenters. The van der Waals surface area contributed by atoms with Crippen molar-refractivity contribution in [1.82, 2.24) is 9.13 Å². The second kappa shape index (κ2) is 27.2. The molecule has 0 aliphatic carbocycles. The minimum absolute atomic E-state index is 0.853. The zero-order valence-electron chi connectivity index (χ0n) is 64.0. The third-order valence-corrected chi connectivity index (χ3v) is 25.6. The lowest BCUT2D eigenvalue weighted by Crippen LogP contribution is -2.09. The summed E-state index contributed by atoms with van der Waals surface area (Å²) in [5.74, 6) is 0. The van der Waals surface area contributed by atoms with Crippen molar-refractivity contribution in [3.05, 3.63) is 425 Å². The van der Waals surface area contributed by atoms with Crippen LogP contribution in [0.25, 0.3) is 196 Å². The molecule has 0 amide bonds. The Bertz CT molecular complexity index is 8190. The van der Waals surface area contributed by atoms with E-state index in [0.29, 0.717) is 0 Å². The van der Waals surface area contributed by atoms with E-state index in [2.05, 4.69) is 431 Å². The summed E-state index contributed by atoms with van der Waals surface area (Å²) in [6.07, 6.45) is 0. The van der Waals surface area contributed by atoms with Crippen molar-refractivity contribution in [3.8, 4) is 67.0 Å². The van der Waals surface area contributed by atoms with E-state index >= 15 is 0 Å². The Hall–Kier alpha value is -15.3. The van der Waals surface area contributed by atoms with E-state index in [-0.39, 0.29) is 0 Å². The predicted octanol–water partition coefficient (Wildman–Crippen LogP) is 32.0. The molecule has 118 heavy (non-hydrogen) atoms. The Morgan fingerprint density at radius 1 is 0.195 bits per heavy atom. The summed E-state index contributed by atoms with van der Waals surface area (Å²) >= 11 is 1.85. The molecule has 0 unspecified atom stereocenters. The molecule has 0 fully saturated rings. The van der Waals surface area contributed by atoms with Crippen LogP contribution in [0.15, 0.2) is 429 Å². The fourth-order valence-electron chi connectivity index (χ4n) is 18.8. The average molecular weight is 1520 g/mol. The van der Waals surface area contributed by atoms with Gasteiger partial charge in [0.05, 0.1) is 22.1 Å². The molecule has 550 valence electrons. The van der Waals surface area contributed by atoms with Gasteiger partial charge in [0.2, 0.25) is 0 Å². The van der Waals surface area contributed by atoms with Crippen molar-refractivity contribution in [1.29, 1.82) is 0 Å². The van der Waals surface area contributed by atoms with Crippen LogP contribution < -0.4 is 9.80 Å². The van der Waals surface area contributed by atoms with Gasteiger partial charge in [-0.25, -0.2) is 0 Å². The van der Waals surface area contributed by atoms with Crippen molar-refractivity contribution in [3.63, 3.8) is 0 Å². The molecule has 0 aliphatic heterocycles. The number of nitrogens with zero attached hydrogens (tertiary/aromatic N) is 4. The third-order valence-electron chi connectivity index (χ3n) is 24.4. The minimum atomic E-state index is 0.853. The van der Waals surface area contributed by atoms with Crippen molar-refractivity contribution < 1.29 is 4.42 Å². The third kappa shape index (κ3) is 11.1. The molecule has 0 saturated carbocycles. The Balaban J connectivity index is 0.560. The number of furan rings is 1. The van der Waals surface area contributed by atoms with E-state index in [1.54, 1.807) is 0 Å². The zero-order valence-corrected chi connectivity index (χ0v) is 64.8. The van der Waals surface area contributed by atoms with Gasteiger partial charge in [0, 0.05) is 104 Å². The maximum Gasteiger partial charge on any atom is 0.137 e. The smallest absolute Gasteiger partial charge is 0.137 e. The highest BCUT2D eigenvalue weighted by Crippen LogP contribution is 2.48. The van der Waals surface area contributed by atoms with Crippen LogP contribution in [0, 0.1) is 0 Å². The van der Waals surface area contributed by atoms with Gasteiger partial charge in [0.25, 0.3) is 0 Å². The minimum Gasteiger partial charge on any atom is -0.456 e. The van der Waals surface area contributed by atoms with Crippen LogP contribution in [0.2, 0.25) is 0 Å². The Kier molecular flexibility index (Phi) is 15.5. The first-order valence-electron chi connectivity index (χ1n) is 40.4. The Morgan fingerprint density at radius 3 is 1.29 bits per heavy atom. The number of anilines is 6. The number of hydrogen-bond donors (Lipinski definition) is 0. The molecule has 24 rings (SSSR count). The lowest BCUT2D eigenvalue weighted by molar-refractivity contribution is 0.669. The maximum atomic E-state index is 6.52. The van der Waals surface area contributed by atoms with Gasteiger partial charge in [0.1, 0.15) is 11.2 Å². The van der Waals surface area contributed by atoms with Crippen molar-refractivity contribution >= 4 is 174 Å². The molecule has 24 aromatic rings. The van der Waals surface area contributed by atoms with Gasteiger partial charge in [-0.3, -0.25) is 0 Å². The number of aromatic nitrogens is 2. The van der Waals surface area contributed by atoms with Crippen LogP contribution in [0.5, 0.6) is 0 Å². The van der Waals surface area contributed by atoms with E-state index < -0.39 is 0 Å². The number of fused-ring (bicyclic) bond motifs is 17. The van der Waals surface area contributed by atoms with Gasteiger partial charge >= 0.3 is 0 Å². The molecule has 5 nitrogen and oxygen atoms in total. The fourth-order valence-corrected chi connectivity index (χ4v) is 19.9. The van der Waals surface area contributed by atoms with Gasteiger partial charge in [0.15, 0.2) is 0 Å². The first kappa shape index (κ1) is 67.2. The average Bonchev–Trinajstić information content (AvgIpc) is 1.55. The number of para-hydroxylation sites is 2. The highest BCUT2D eigenvalue weighted by Gasteiger charge is 2.23. The lowest BCUT2D eigenvalue weighted by Gasteiger charge is -2.26. The molecule has 0 spiro atoms. The molecule has 20 aromatic carbocycles. The lowest BCUT2D eigenvalue weighted by atomic mass is 9.91. The van der Waals surface area contributed by atoms with Crippen molar-refractivity contribution in [2.75, 3.05) is 9.80 Å². The Labute approximate surface area is 684 Å². The van der Waals surface area contributed by atoms with E-state index in [4.69, 9.17) is 4.42 Å². The van der Waals surface area contributed by atoms with E-state index in [0.717, 1.165) is 112 Å². The summed E-state index contributed by atoms with van der Waals surface area (Å²) in [5.41, 5.74) is 26.6. The molecule has 0 saturated heterocycles. The quantitative estimate of drug-likeness (QED) is 0.115. The molecule has 4 heterocycles. The molecule has 0 N–H and O–H groups in total.